The van der Waals surface area contributed by atoms with Crippen LogP contribution in [-0.4, -0.2) is 29.3 Å². The molecule has 1 aromatic rings. The predicted molar refractivity (Wildman–Crippen MR) is 69.0 cm³/mol. The molecule has 1 saturated heterocycles. The van der Waals surface area contributed by atoms with E-state index in [1.165, 1.54) is 12.8 Å². The van der Waals surface area contributed by atoms with Crippen molar-refractivity contribution in [2.75, 3.05) is 24.2 Å². The van der Waals surface area contributed by atoms with Crippen molar-refractivity contribution in [1.29, 1.82) is 0 Å². The molecule has 0 saturated carbocycles. The summed E-state index contributed by atoms with van der Waals surface area (Å²) in [5.41, 5.74) is 0.489. The Balaban J connectivity index is 2.03. The number of aromatic nitrogens is 2. The number of hydrogen-bond acceptors (Lipinski definition) is 4. The van der Waals surface area contributed by atoms with Gasteiger partial charge in [0.25, 0.3) is 0 Å². The van der Waals surface area contributed by atoms with Crippen molar-refractivity contribution in [2.24, 2.45) is 5.41 Å². The largest absolute Gasteiger partial charge is 0.355 e. The molecule has 0 bridgehead atoms. The molecule has 3 nitrogen and oxygen atoms in total. The molecule has 1 aromatic heterocycles. The van der Waals surface area contributed by atoms with Crippen LogP contribution < -0.4 is 4.90 Å². The third kappa shape index (κ3) is 2.67. The fraction of sp³-hybridized carbons (Fsp3) is 0.667. The summed E-state index contributed by atoms with van der Waals surface area (Å²) in [4.78, 5) is 11.2. The van der Waals surface area contributed by atoms with Crippen LogP contribution in [0.3, 0.4) is 0 Å². The first-order chi connectivity index (χ1) is 7.61. The second kappa shape index (κ2) is 4.62. The molecule has 1 aliphatic rings. The number of hydrogen-bond donors (Lipinski definition) is 0. The van der Waals surface area contributed by atoms with Gasteiger partial charge in [-0.15, -0.1) is 11.8 Å². The van der Waals surface area contributed by atoms with E-state index in [-0.39, 0.29) is 0 Å². The summed E-state index contributed by atoms with van der Waals surface area (Å²) in [6.45, 7) is 6.88. The first-order valence-electron chi connectivity index (χ1n) is 5.72. The van der Waals surface area contributed by atoms with Gasteiger partial charge < -0.3 is 4.90 Å². The summed E-state index contributed by atoms with van der Waals surface area (Å²) < 4.78 is 0. The lowest BCUT2D eigenvalue weighted by Gasteiger charge is -2.37. The van der Waals surface area contributed by atoms with E-state index in [0.29, 0.717) is 5.41 Å². The standard InChI is InChI=1S/C12H19N3S/c1-12(2)4-6-15(7-5-12)10-8-14-11(16-3)9-13-10/h8-9H,4-7H2,1-3H3. The van der Waals surface area contributed by atoms with Gasteiger partial charge in [-0.2, -0.15) is 0 Å². The van der Waals surface area contributed by atoms with Crippen LogP contribution in [0.25, 0.3) is 0 Å². The molecule has 0 spiro atoms. The molecular weight excluding hydrogens is 218 g/mol. The Morgan fingerprint density at radius 2 is 1.88 bits per heavy atom. The Morgan fingerprint density at radius 3 is 2.38 bits per heavy atom. The van der Waals surface area contributed by atoms with Gasteiger partial charge in [-0.25, -0.2) is 9.97 Å². The Labute approximate surface area is 102 Å². The van der Waals surface area contributed by atoms with Crippen molar-refractivity contribution in [3.63, 3.8) is 0 Å². The van der Waals surface area contributed by atoms with Crippen molar-refractivity contribution in [1.82, 2.24) is 9.97 Å². The van der Waals surface area contributed by atoms with Gasteiger partial charge in [-0.3, -0.25) is 0 Å². The zero-order valence-corrected chi connectivity index (χ0v) is 11.0. The third-order valence-corrected chi connectivity index (χ3v) is 3.89. The van der Waals surface area contributed by atoms with E-state index in [1.807, 2.05) is 18.6 Å². The fourth-order valence-corrected chi connectivity index (χ4v) is 2.24. The van der Waals surface area contributed by atoms with Crippen LogP contribution in [0.4, 0.5) is 5.82 Å². The lowest BCUT2D eigenvalue weighted by molar-refractivity contribution is 0.279. The topological polar surface area (TPSA) is 29.0 Å². The summed E-state index contributed by atoms with van der Waals surface area (Å²) in [5.74, 6) is 1.02. The van der Waals surface area contributed by atoms with E-state index in [2.05, 4.69) is 28.7 Å². The molecule has 0 aromatic carbocycles. The van der Waals surface area contributed by atoms with Crippen molar-refractivity contribution < 1.29 is 0 Å². The van der Waals surface area contributed by atoms with Gasteiger partial charge in [0.1, 0.15) is 10.8 Å². The van der Waals surface area contributed by atoms with Crippen molar-refractivity contribution in [3.05, 3.63) is 12.4 Å². The van der Waals surface area contributed by atoms with Crippen LogP contribution in [0.1, 0.15) is 26.7 Å². The van der Waals surface area contributed by atoms with Crippen molar-refractivity contribution in [3.8, 4) is 0 Å². The van der Waals surface area contributed by atoms with Gasteiger partial charge in [-0.05, 0) is 24.5 Å². The highest BCUT2D eigenvalue weighted by Crippen LogP contribution is 2.31. The Bertz CT molecular complexity index is 338. The molecule has 0 aliphatic carbocycles. The highest BCUT2D eigenvalue weighted by Gasteiger charge is 2.25. The molecule has 16 heavy (non-hydrogen) atoms. The molecule has 0 unspecified atom stereocenters. The van der Waals surface area contributed by atoms with Crippen LogP contribution in [-0.2, 0) is 0 Å². The monoisotopic (exact) mass is 237 g/mol. The number of piperidine rings is 1. The SMILES string of the molecule is CSc1cnc(N2CCC(C)(C)CC2)cn1. The van der Waals surface area contributed by atoms with Gasteiger partial charge in [0.05, 0.1) is 12.4 Å². The zero-order valence-electron chi connectivity index (χ0n) is 10.2. The van der Waals surface area contributed by atoms with E-state index in [0.717, 1.165) is 23.9 Å². The lowest BCUT2D eigenvalue weighted by atomic mass is 9.83. The van der Waals surface area contributed by atoms with Gasteiger partial charge in [0.2, 0.25) is 0 Å². The molecule has 4 heteroatoms. The first-order valence-corrected chi connectivity index (χ1v) is 6.94. The molecule has 2 rings (SSSR count). The minimum Gasteiger partial charge on any atom is -0.355 e. The maximum absolute atomic E-state index is 4.46. The highest BCUT2D eigenvalue weighted by molar-refractivity contribution is 7.98. The Morgan fingerprint density at radius 1 is 1.19 bits per heavy atom. The number of rotatable bonds is 2. The van der Waals surface area contributed by atoms with E-state index in [4.69, 9.17) is 0 Å². The van der Waals surface area contributed by atoms with Crippen LogP contribution in [0.15, 0.2) is 17.4 Å². The van der Waals surface area contributed by atoms with Crippen LogP contribution in [0.5, 0.6) is 0 Å². The third-order valence-electron chi connectivity index (χ3n) is 3.26. The second-order valence-electron chi connectivity index (χ2n) is 5.07. The quantitative estimate of drug-likeness (QED) is 0.740. The molecule has 1 fully saturated rings. The van der Waals surface area contributed by atoms with Crippen LogP contribution in [0, 0.1) is 5.41 Å². The van der Waals surface area contributed by atoms with E-state index in [1.54, 1.807) is 11.8 Å². The molecule has 0 amide bonds. The Hall–Kier alpha value is -0.770. The van der Waals surface area contributed by atoms with E-state index >= 15 is 0 Å². The fourth-order valence-electron chi connectivity index (χ4n) is 1.92. The molecule has 0 N–H and O–H groups in total. The first kappa shape index (κ1) is 11.7. The summed E-state index contributed by atoms with van der Waals surface area (Å²) >= 11 is 1.63. The maximum Gasteiger partial charge on any atom is 0.147 e. The minimum atomic E-state index is 0.489. The average molecular weight is 237 g/mol. The Kier molecular flexibility index (Phi) is 3.38. The molecular formula is C12H19N3S. The normalized spacial score (nSPS) is 19.8. The number of nitrogens with zero attached hydrogens (tertiary/aromatic N) is 3. The van der Waals surface area contributed by atoms with Crippen LogP contribution >= 0.6 is 11.8 Å². The minimum absolute atomic E-state index is 0.489. The molecule has 1 aliphatic heterocycles. The summed E-state index contributed by atoms with van der Waals surface area (Å²) in [5, 5.41) is 0.987. The van der Waals surface area contributed by atoms with Crippen molar-refractivity contribution in [2.45, 2.75) is 31.7 Å². The number of anilines is 1. The summed E-state index contributed by atoms with van der Waals surface area (Å²) in [6.07, 6.45) is 8.24. The number of thioether (sulfide) groups is 1. The lowest BCUT2D eigenvalue weighted by Crippen LogP contribution is -2.37. The highest BCUT2D eigenvalue weighted by atomic mass is 32.2. The maximum atomic E-state index is 4.46. The van der Waals surface area contributed by atoms with E-state index in [9.17, 15) is 0 Å². The average Bonchev–Trinajstić information content (AvgIpc) is 2.29. The van der Waals surface area contributed by atoms with Gasteiger partial charge >= 0.3 is 0 Å². The molecule has 88 valence electrons. The van der Waals surface area contributed by atoms with Gasteiger partial charge in [0, 0.05) is 13.1 Å². The molecule has 0 atom stereocenters. The zero-order chi connectivity index (χ0) is 11.6. The summed E-state index contributed by atoms with van der Waals surface area (Å²) in [6, 6.07) is 0. The predicted octanol–water partition coefficient (Wildman–Crippen LogP) is 2.82. The van der Waals surface area contributed by atoms with Crippen LogP contribution in [0.2, 0.25) is 0 Å². The second-order valence-corrected chi connectivity index (χ2v) is 5.89. The van der Waals surface area contributed by atoms with Gasteiger partial charge in [-0.1, -0.05) is 13.8 Å². The van der Waals surface area contributed by atoms with E-state index < -0.39 is 0 Å². The van der Waals surface area contributed by atoms with Gasteiger partial charge in [0.15, 0.2) is 0 Å². The van der Waals surface area contributed by atoms with Crippen molar-refractivity contribution >= 4 is 17.6 Å². The smallest absolute Gasteiger partial charge is 0.147 e. The molecule has 0 radical (unpaired) electrons. The molecule has 2 heterocycles. The summed E-state index contributed by atoms with van der Waals surface area (Å²) in [7, 11) is 0.